The molecule has 2 aromatic rings. The first-order chi connectivity index (χ1) is 11.6. The zero-order valence-corrected chi connectivity index (χ0v) is 14.9. The molecule has 126 valence electrons. The Labute approximate surface area is 152 Å². The van der Waals surface area contributed by atoms with Gasteiger partial charge in [0, 0.05) is 19.0 Å². The van der Waals surface area contributed by atoms with Crippen molar-refractivity contribution < 1.29 is 4.79 Å². The van der Waals surface area contributed by atoms with Crippen molar-refractivity contribution in [1.29, 1.82) is 0 Å². The number of amides is 1. The van der Waals surface area contributed by atoms with Crippen molar-refractivity contribution in [2.45, 2.75) is 18.9 Å². The van der Waals surface area contributed by atoms with Crippen molar-refractivity contribution in [3.63, 3.8) is 0 Å². The quantitative estimate of drug-likeness (QED) is 0.856. The molecule has 3 nitrogen and oxygen atoms in total. The van der Waals surface area contributed by atoms with Gasteiger partial charge in [-0.25, -0.2) is 0 Å². The topological polar surface area (TPSA) is 41.1 Å². The van der Waals surface area contributed by atoms with Crippen LogP contribution in [0.25, 0.3) is 0 Å². The molecule has 1 fully saturated rings. The summed E-state index contributed by atoms with van der Waals surface area (Å²) in [6.45, 7) is 3.43. The zero-order chi connectivity index (χ0) is 17.1. The van der Waals surface area contributed by atoms with Crippen LogP contribution < -0.4 is 10.6 Å². The Morgan fingerprint density at radius 1 is 1.12 bits per heavy atom. The second-order valence-corrected chi connectivity index (χ2v) is 7.00. The van der Waals surface area contributed by atoms with Crippen LogP contribution in [0.5, 0.6) is 0 Å². The summed E-state index contributed by atoms with van der Waals surface area (Å²) < 4.78 is 0. The van der Waals surface area contributed by atoms with Gasteiger partial charge in [0.1, 0.15) is 0 Å². The number of benzene rings is 2. The van der Waals surface area contributed by atoms with Gasteiger partial charge >= 0.3 is 0 Å². The van der Waals surface area contributed by atoms with Gasteiger partial charge in [-0.3, -0.25) is 4.79 Å². The highest BCUT2D eigenvalue weighted by atomic mass is 35.5. The van der Waals surface area contributed by atoms with Crippen LogP contribution >= 0.6 is 23.2 Å². The van der Waals surface area contributed by atoms with E-state index in [4.69, 9.17) is 23.2 Å². The summed E-state index contributed by atoms with van der Waals surface area (Å²) in [6, 6.07) is 15.6. The third-order valence-electron chi connectivity index (χ3n) is 4.58. The molecule has 0 saturated carbocycles. The highest BCUT2D eigenvalue weighted by molar-refractivity contribution is 6.42. The average molecular weight is 363 g/mol. The number of carbonyl (C=O) groups excluding carboxylic acids is 1. The Balaban J connectivity index is 1.72. The predicted octanol–water partition coefficient (Wildman–Crippen LogP) is 4.17. The van der Waals surface area contributed by atoms with Crippen LogP contribution in [-0.2, 0) is 4.79 Å². The molecular formula is C19H20Cl2N2O. The number of halogens is 2. The Morgan fingerprint density at radius 3 is 2.58 bits per heavy atom. The Kier molecular flexibility index (Phi) is 5.44. The van der Waals surface area contributed by atoms with Gasteiger partial charge in [-0.1, -0.05) is 59.6 Å². The van der Waals surface area contributed by atoms with E-state index < -0.39 is 0 Å². The van der Waals surface area contributed by atoms with Crippen LogP contribution in [0.15, 0.2) is 48.5 Å². The van der Waals surface area contributed by atoms with Gasteiger partial charge in [-0.05, 0) is 30.2 Å². The lowest BCUT2D eigenvalue weighted by Gasteiger charge is -2.22. The normalized spacial score (nSPS) is 21.5. The van der Waals surface area contributed by atoms with E-state index in [0.29, 0.717) is 16.6 Å². The summed E-state index contributed by atoms with van der Waals surface area (Å²) in [6.07, 6.45) is 0. The summed E-state index contributed by atoms with van der Waals surface area (Å²) in [4.78, 5) is 12.8. The molecule has 1 aliphatic rings. The number of rotatable bonds is 4. The first-order valence-corrected chi connectivity index (χ1v) is 8.83. The molecule has 3 atom stereocenters. The molecule has 2 aromatic carbocycles. The maximum absolute atomic E-state index is 12.8. The van der Waals surface area contributed by atoms with Crippen molar-refractivity contribution in [2.24, 2.45) is 5.92 Å². The second kappa shape index (κ2) is 7.56. The summed E-state index contributed by atoms with van der Waals surface area (Å²) in [5.41, 5.74) is 2.14. The molecule has 3 rings (SSSR count). The van der Waals surface area contributed by atoms with Gasteiger partial charge in [-0.15, -0.1) is 0 Å². The highest BCUT2D eigenvalue weighted by Gasteiger charge is 2.34. The summed E-state index contributed by atoms with van der Waals surface area (Å²) in [7, 11) is 0. The largest absolute Gasteiger partial charge is 0.349 e. The Bertz CT molecular complexity index is 721. The molecule has 24 heavy (non-hydrogen) atoms. The van der Waals surface area contributed by atoms with E-state index in [2.05, 4.69) is 10.6 Å². The van der Waals surface area contributed by atoms with Gasteiger partial charge in [0.05, 0.1) is 22.0 Å². The van der Waals surface area contributed by atoms with Crippen molar-refractivity contribution in [2.75, 3.05) is 13.1 Å². The SMILES string of the molecule is CC(NC(=O)C1CNCC1c1ccc(Cl)c(Cl)c1)c1ccccc1. The van der Waals surface area contributed by atoms with Crippen molar-refractivity contribution in [3.05, 3.63) is 69.7 Å². The monoisotopic (exact) mass is 362 g/mol. The van der Waals surface area contributed by atoms with Crippen LogP contribution in [0.1, 0.15) is 30.0 Å². The van der Waals surface area contributed by atoms with Crippen LogP contribution in [0.4, 0.5) is 0 Å². The molecule has 1 amide bonds. The average Bonchev–Trinajstić information content (AvgIpc) is 3.08. The molecule has 3 unspecified atom stereocenters. The van der Waals surface area contributed by atoms with E-state index in [-0.39, 0.29) is 23.8 Å². The van der Waals surface area contributed by atoms with E-state index in [0.717, 1.165) is 17.7 Å². The van der Waals surface area contributed by atoms with Crippen molar-refractivity contribution in [1.82, 2.24) is 10.6 Å². The molecule has 2 N–H and O–H groups in total. The van der Waals surface area contributed by atoms with Crippen LogP contribution in [-0.4, -0.2) is 19.0 Å². The Hall–Kier alpha value is -1.55. The molecule has 1 aliphatic heterocycles. The lowest BCUT2D eigenvalue weighted by molar-refractivity contribution is -0.125. The summed E-state index contributed by atoms with van der Waals surface area (Å²) in [5.74, 6) is 0.0450. The molecular weight excluding hydrogens is 343 g/mol. The molecule has 5 heteroatoms. The Morgan fingerprint density at radius 2 is 1.88 bits per heavy atom. The third-order valence-corrected chi connectivity index (χ3v) is 5.32. The van der Waals surface area contributed by atoms with Gasteiger partial charge in [-0.2, -0.15) is 0 Å². The molecule has 0 radical (unpaired) electrons. The van der Waals surface area contributed by atoms with Crippen LogP contribution in [0.3, 0.4) is 0 Å². The molecule has 0 bridgehead atoms. The van der Waals surface area contributed by atoms with Crippen LogP contribution in [0.2, 0.25) is 10.0 Å². The minimum atomic E-state index is -0.117. The lowest BCUT2D eigenvalue weighted by atomic mass is 9.88. The van der Waals surface area contributed by atoms with E-state index in [1.54, 1.807) is 6.07 Å². The smallest absolute Gasteiger partial charge is 0.225 e. The lowest BCUT2D eigenvalue weighted by Crippen LogP contribution is -2.36. The number of carbonyl (C=O) groups is 1. The molecule has 1 heterocycles. The van der Waals surface area contributed by atoms with E-state index in [1.807, 2.05) is 49.4 Å². The number of nitrogens with one attached hydrogen (secondary N) is 2. The van der Waals surface area contributed by atoms with Gasteiger partial charge < -0.3 is 10.6 Å². The number of hydrogen-bond donors (Lipinski definition) is 2. The molecule has 0 spiro atoms. The fourth-order valence-electron chi connectivity index (χ4n) is 3.19. The van der Waals surface area contributed by atoms with Gasteiger partial charge in [0.15, 0.2) is 0 Å². The first-order valence-electron chi connectivity index (χ1n) is 8.07. The summed E-state index contributed by atoms with van der Waals surface area (Å²) in [5, 5.41) is 7.50. The third kappa shape index (κ3) is 3.75. The fraction of sp³-hybridized carbons (Fsp3) is 0.316. The molecule has 0 aliphatic carbocycles. The minimum absolute atomic E-state index is 0.0197. The van der Waals surface area contributed by atoms with Crippen molar-refractivity contribution in [3.8, 4) is 0 Å². The molecule has 1 saturated heterocycles. The molecule has 0 aromatic heterocycles. The fourth-order valence-corrected chi connectivity index (χ4v) is 3.50. The van der Waals surface area contributed by atoms with Gasteiger partial charge in [0.25, 0.3) is 0 Å². The standard InChI is InChI=1S/C19H20Cl2N2O/c1-12(13-5-3-2-4-6-13)23-19(24)16-11-22-10-15(16)14-7-8-17(20)18(21)9-14/h2-9,12,15-16,22H,10-11H2,1H3,(H,23,24). The predicted molar refractivity (Wildman–Crippen MR) is 98.6 cm³/mol. The maximum atomic E-state index is 12.8. The van der Waals surface area contributed by atoms with E-state index in [1.165, 1.54) is 0 Å². The van der Waals surface area contributed by atoms with Gasteiger partial charge in [0.2, 0.25) is 5.91 Å². The van der Waals surface area contributed by atoms with E-state index in [9.17, 15) is 4.79 Å². The van der Waals surface area contributed by atoms with E-state index >= 15 is 0 Å². The second-order valence-electron chi connectivity index (χ2n) is 6.19. The highest BCUT2D eigenvalue weighted by Crippen LogP contribution is 2.33. The minimum Gasteiger partial charge on any atom is -0.349 e. The maximum Gasteiger partial charge on any atom is 0.225 e. The van der Waals surface area contributed by atoms with Crippen LogP contribution in [0, 0.1) is 5.92 Å². The summed E-state index contributed by atoms with van der Waals surface area (Å²) >= 11 is 12.1. The first kappa shape index (κ1) is 17.3. The number of hydrogen-bond acceptors (Lipinski definition) is 2. The zero-order valence-electron chi connectivity index (χ0n) is 13.4. The van der Waals surface area contributed by atoms with Crippen molar-refractivity contribution >= 4 is 29.1 Å².